The topological polar surface area (TPSA) is 38.8 Å². The normalized spacial score (nSPS) is 44.0. The Labute approximate surface area is 122 Å². The Hall–Kier alpha value is -0.570. The molecule has 0 aromatic heterocycles. The molecule has 1 aliphatic heterocycles. The van der Waals surface area contributed by atoms with Gasteiger partial charge in [-0.05, 0) is 69.6 Å². The molecular formula is C17H28O3. The van der Waals surface area contributed by atoms with Gasteiger partial charge in [0.05, 0.1) is 12.2 Å². The van der Waals surface area contributed by atoms with Crippen LogP contribution in [0, 0.1) is 17.3 Å². The van der Waals surface area contributed by atoms with Gasteiger partial charge in [0, 0.05) is 6.92 Å². The van der Waals surface area contributed by atoms with E-state index in [1.54, 1.807) is 0 Å². The highest BCUT2D eigenvalue weighted by atomic mass is 16.6. The van der Waals surface area contributed by atoms with Crippen LogP contribution in [0.1, 0.15) is 66.2 Å². The minimum atomic E-state index is -0.347. The average Bonchev–Trinajstić information content (AvgIpc) is 3.07. The number of esters is 1. The van der Waals surface area contributed by atoms with Crippen molar-refractivity contribution < 1.29 is 14.3 Å². The summed E-state index contributed by atoms with van der Waals surface area (Å²) in [7, 11) is 0. The number of rotatable bonds is 2. The van der Waals surface area contributed by atoms with Gasteiger partial charge in [0.15, 0.2) is 0 Å². The number of epoxide rings is 1. The van der Waals surface area contributed by atoms with E-state index >= 15 is 0 Å². The van der Waals surface area contributed by atoms with Gasteiger partial charge in [-0.2, -0.15) is 0 Å². The molecule has 3 fully saturated rings. The second-order valence-electron chi connectivity index (χ2n) is 8.08. The molecule has 114 valence electrons. The van der Waals surface area contributed by atoms with Crippen molar-refractivity contribution in [2.24, 2.45) is 17.3 Å². The molecule has 3 nitrogen and oxygen atoms in total. The highest BCUT2D eigenvalue weighted by Gasteiger charge is 2.61. The SMILES string of the molecule is CC(=O)OC(C)(C)[C@@H]1CC[C@@]2(C)CCC[C@]3(CO3)[C@@H]2C1. The summed E-state index contributed by atoms with van der Waals surface area (Å²) in [5.41, 5.74) is 0.274. The summed E-state index contributed by atoms with van der Waals surface area (Å²) < 4.78 is 11.5. The molecule has 3 rings (SSSR count). The molecule has 1 heterocycles. The minimum Gasteiger partial charge on any atom is -0.460 e. The van der Waals surface area contributed by atoms with Crippen LogP contribution in [-0.4, -0.2) is 23.8 Å². The molecule has 0 bridgehead atoms. The van der Waals surface area contributed by atoms with Crippen molar-refractivity contribution in [2.75, 3.05) is 6.61 Å². The predicted octanol–water partition coefficient (Wildman–Crippen LogP) is 3.70. The van der Waals surface area contributed by atoms with Crippen LogP contribution in [0.25, 0.3) is 0 Å². The zero-order valence-electron chi connectivity index (χ0n) is 13.3. The highest BCUT2D eigenvalue weighted by Crippen LogP contribution is 2.61. The second kappa shape index (κ2) is 4.46. The van der Waals surface area contributed by atoms with Crippen molar-refractivity contribution in [3.8, 4) is 0 Å². The number of hydrogen-bond donors (Lipinski definition) is 0. The molecule has 0 radical (unpaired) electrons. The number of carbonyl (C=O) groups excluding carboxylic acids is 1. The summed E-state index contributed by atoms with van der Waals surface area (Å²) in [6.45, 7) is 9.07. The third kappa shape index (κ3) is 2.28. The van der Waals surface area contributed by atoms with E-state index in [0.29, 0.717) is 17.3 Å². The Morgan fingerprint density at radius 1 is 1.30 bits per heavy atom. The zero-order valence-corrected chi connectivity index (χ0v) is 13.3. The number of fused-ring (bicyclic) bond motifs is 2. The van der Waals surface area contributed by atoms with Crippen LogP contribution in [-0.2, 0) is 14.3 Å². The van der Waals surface area contributed by atoms with Crippen LogP contribution < -0.4 is 0 Å². The maximum absolute atomic E-state index is 11.3. The van der Waals surface area contributed by atoms with Crippen molar-refractivity contribution in [2.45, 2.75) is 77.4 Å². The van der Waals surface area contributed by atoms with E-state index < -0.39 is 0 Å². The fraction of sp³-hybridized carbons (Fsp3) is 0.941. The maximum atomic E-state index is 11.3. The standard InChI is InChI=1S/C17H28O3/c1-12(18)20-15(2,3)13-6-9-16(4)7-5-8-17(11-19-17)14(16)10-13/h13-14H,5-11H2,1-4H3/t13-,14-,16-,17+/m1/s1. The van der Waals surface area contributed by atoms with Gasteiger partial charge in [0.2, 0.25) is 0 Å². The molecule has 2 aliphatic carbocycles. The molecule has 0 unspecified atom stereocenters. The largest absolute Gasteiger partial charge is 0.460 e. The van der Waals surface area contributed by atoms with Gasteiger partial charge in [0.1, 0.15) is 5.60 Å². The van der Waals surface area contributed by atoms with Gasteiger partial charge >= 0.3 is 5.97 Å². The Bertz CT molecular complexity index is 410. The molecule has 1 saturated heterocycles. The van der Waals surface area contributed by atoms with E-state index in [1.165, 1.54) is 39.0 Å². The Morgan fingerprint density at radius 2 is 2.00 bits per heavy atom. The Balaban J connectivity index is 1.77. The first-order valence-electron chi connectivity index (χ1n) is 8.11. The molecule has 0 amide bonds. The molecular weight excluding hydrogens is 252 g/mol. The molecule has 3 aliphatic rings. The first-order chi connectivity index (χ1) is 9.28. The lowest BCUT2D eigenvalue weighted by Gasteiger charge is -2.52. The third-order valence-corrected chi connectivity index (χ3v) is 6.31. The lowest BCUT2D eigenvalue weighted by molar-refractivity contribution is -0.164. The molecule has 20 heavy (non-hydrogen) atoms. The molecule has 3 heteroatoms. The van der Waals surface area contributed by atoms with Crippen LogP contribution in [0.2, 0.25) is 0 Å². The predicted molar refractivity (Wildman–Crippen MR) is 77.3 cm³/mol. The quantitative estimate of drug-likeness (QED) is 0.572. The lowest BCUT2D eigenvalue weighted by Crippen LogP contribution is -2.50. The van der Waals surface area contributed by atoms with Crippen molar-refractivity contribution in [1.82, 2.24) is 0 Å². The van der Waals surface area contributed by atoms with Crippen LogP contribution in [0.5, 0.6) is 0 Å². The number of carbonyl (C=O) groups is 1. The molecule has 2 saturated carbocycles. The molecule has 0 aromatic carbocycles. The molecule has 0 N–H and O–H groups in total. The van der Waals surface area contributed by atoms with Gasteiger partial charge in [-0.25, -0.2) is 0 Å². The summed E-state index contributed by atoms with van der Waals surface area (Å²) in [6, 6.07) is 0. The summed E-state index contributed by atoms with van der Waals surface area (Å²) in [6.07, 6.45) is 7.45. The number of hydrogen-bond acceptors (Lipinski definition) is 3. The van der Waals surface area contributed by atoms with Crippen molar-refractivity contribution in [3.05, 3.63) is 0 Å². The van der Waals surface area contributed by atoms with E-state index in [-0.39, 0.29) is 17.2 Å². The maximum Gasteiger partial charge on any atom is 0.303 e. The minimum absolute atomic E-state index is 0.163. The van der Waals surface area contributed by atoms with Crippen LogP contribution in [0.3, 0.4) is 0 Å². The van der Waals surface area contributed by atoms with E-state index in [9.17, 15) is 4.79 Å². The van der Waals surface area contributed by atoms with Gasteiger partial charge < -0.3 is 9.47 Å². The summed E-state index contributed by atoms with van der Waals surface area (Å²) in [5.74, 6) is 0.949. The van der Waals surface area contributed by atoms with E-state index in [4.69, 9.17) is 9.47 Å². The average molecular weight is 280 g/mol. The molecule has 1 spiro atoms. The van der Waals surface area contributed by atoms with Crippen molar-refractivity contribution in [1.29, 1.82) is 0 Å². The Morgan fingerprint density at radius 3 is 2.60 bits per heavy atom. The van der Waals surface area contributed by atoms with Crippen LogP contribution >= 0.6 is 0 Å². The zero-order chi connectivity index (χ0) is 14.6. The number of ether oxygens (including phenoxy) is 2. The van der Waals surface area contributed by atoms with Crippen LogP contribution in [0.4, 0.5) is 0 Å². The van der Waals surface area contributed by atoms with E-state index in [0.717, 1.165) is 13.0 Å². The second-order valence-corrected chi connectivity index (χ2v) is 8.08. The highest BCUT2D eigenvalue weighted by molar-refractivity contribution is 5.66. The van der Waals surface area contributed by atoms with Gasteiger partial charge in [-0.1, -0.05) is 6.92 Å². The van der Waals surface area contributed by atoms with Gasteiger partial charge in [0.25, 0.3) is 0 Å². The van der Waals surface area contributed by atoms with Crippen molar-refractivity contribution >= 4 is 5.97 Å². The van der Waals surface area contributed by atoms with E-state index in [2.05, 4.69) is 20.8 Å². The fourth-order valence-electron chi connectivity index (χ4n) is 5.00. The van der Waals surface area contributed by atoms with Crippen molar-refractivity contribution in [3.63, 3.8) is 0 Å². The molecule has 4 atom stereocenters. The first-order valence-corrected chi connectivity index (χ1v) is 8.11. The monoisotopic (exact) mass is 280 g/mol. The van der Waals surface area contributed by atoms with Gasteiger partial charge in [-0.15, -0.1) is 0 Å². The fourth-order valence-corrected chi connectivity index (χ4v) is 5.00. The summed E-state index contributed by atoms with van der Waals surface area (Å²) in [4.78, 5) is 11.3. The lowest BCUT2D eigenvalue weighted by atomic mass is 9.53. The van der Waals surface area contributed by atoms with Crippen LogP contribution in [0.15, 0.2) is 0 Å². The summed E-state index contributed by atoms with van der Waals surface area (Å²) >= 11 is 0. The first kappa shape index (κ1) is 14.4. The molecule has 0 aromatic rings. The Kier molecular flexibility index (Phi) is 3.20. The van der Waals surface area contributed by atoms with E-state index in [1.807, 2.05) is 0 Å². The van der Waals surface area contributed by atoms with Gasteiger partial charge in [-0.3, -0.25) is 4.79 Å². The third-order valence-electron chi connectivity index (χ3n) is 6.31. The summed E-state index contributed by atoms with van der Waals surface area (Å²) in [5, 5.41) is 0. The smallest absolute Gasteiger partial charge is 0.303 e.